The summed E-state index contributed by atoms with van der Waals surface area (Å²) in [6, 6.07) is 16.7. The maximum atomic E-state index is 14.2. The molecule has 176 valence electrons. The quantitative estimate of drug-likeness (QED) is 0.394. The topological polar surface area (TPSA) is 75.2 Å². The average Bonchev–Trinajstić information content (AvgIpc) is 2.88. The molecule has 1 aromatic heterocycles. The number of aryl methyl sites for hydroxylation is 1. The molecule has 0 fully saturated rings. The number of anilines is 2. The summed E-state index contributed by atoms with van der Waals surface area (Å²) in [6.07, 6.45) is 4.86. The van der Waals surface area contributed by atoms with Crippen molar-refractivity contribution < 1.29 is 18.4 Å². The highest BCUT2D eigenvalue weighted by atomic mass is 19.1. The summed E-state index contributed by atoms with van der Waals surface area (Å²) in [4.78, 5) is 36.6. The Bertz CT molecular complexity index is 1310. The minimum Gasteiger partial charge on any atom is -0.324 e. The molecule has 4 aromatic rings. The second-order valence-electron chi connectivity index (χ2n) is 7.74. The molecule has 0 radical (unpaired) electrons. The van der Waals surface area contributed by atoms with Crippen LogP contribution in [-0.4, -0.2) is 21.8 Å². The lowest BCUT2D eigenvalue weighted by Gasteiger charge is -2.31. The number of halogens is 2. The van der Waals surface area contributed by atoms with Gasteiger partial charge in [0, 0.05) is 23.8 Å². The molecule has 1 atom stereocenters. The number of carbonyl (C=O) groups excluding carboxylic acids is 2. The number of nitrogens with one attached hydrogen (secondary N) is 1. The summed E-state index contributed by atoms with van der Waals surface area (Å²) >= 11 is 0. The lowest BCUT2D eigenvalue weighted by atomic mass is 10.00. The van der Waals surface area contributed by atoms with Gasteiger partial charge in [-0.05, 0) is 60.0 Å². The first-order valence-electron chi connectivity index (χ1n) is 11.0. The van der Waals surface area contributed by atoms with Gasteiger partial charge in [0.2, 0.25) is 0 Å². The van der Waals surface area contributed by atoms with E-state index in [9.17, 15) is 18.4 Å². The van der Waals surface area contributed by atoms with Gasteiger partial charge in [0.15, 0.2) is 0 Å². The summed E-state index contributed by atoms with van der Waals surface area (Å²) in [5, 5.41) is 2.74. The van der Waals surface area contributed by atoms with E-state index in [1.54, 1.807) is 12.1 Å². The maximum Gasteiger partial charge on any atom is 0.279 e. The average molecular weight is 472 g/mol. The number of carbonyl (C=O) groups is 2. The predicted molar refractivity (Wildman–Crippen MR) is 129 cm³/mol. The smallest absolute Gasteiger partial charge is 0.279 e. The Kier molecular flexibility index (Phi) is 7.21. The van der Waals surface area contributed by atoms with Crippen LogP contribution in [0.25, 0.3) is 0 Å². The number of hydrogen-bond acceptors (Lipinski definition) is 4. The van der Waals surface area contributed by atoms with Gasteiger partial charge in [0.05, 0.1) is 6.20 Å². The SMILES string of the molecule is CCc1ccc([C@@H](C(=O)Nc2ccc(F)cc2)N(C(=O)c2cnccn2)c2cccc(F)c2)cc1. The molecule has 4 rings (SSSR count). The first kappa shape index (κ1) is 23.7. The van der Waals surface area contributed by atoms with Crippen LogP contribution in [0.5, 0.6) is 0 Å². The zero-order valence-electron chi connectivity index (χ0n) is 18.9. The van der Waals surface area contributed by atoms with Crippen molar-refractivity contribution in [1.29, 1.82) is 0 Å². The maximum absolute atomic E-state index is 14.2. The fraction of sp³-hybridized carbons (Fsp3) is 0.111. The van der Waals surface area contributed by atoms with Crippen molar-refractivity contribution in [2.45, 2.75) is 19.4 Å². The summed E-state index contributed by atoms with van der Waals surface area (Å²) in [7, 11) is 0. The largest absolute Gasteiger partial charge is 0.324 e. The number of amides is 2. The standard InChI is InChI=1S/C27H22F2N4O2/c1-2-18-6-8-19(9-7-18)25(26(34)32-22-12-10-20(28)11-13-22)33(23-5-3-4-21(29)16-23)27(35)24-17-30-14-15-31-24/h3-17,25H,2H2,1H3,(H,32,34)/t25-/m0/s1. The lowest BCUT2D eigenvalue weighted by molar-refractivity contribution is -0.117. The van der Waals surface area contributed by atoms with Crippen LogP contribution in [0.1, 0.15) is 34.6 Å². The third-order valence-corrected chi connectivity index (χ3v) is 5.41. The normalized spacial score (nSPS) is 11.5. The van der Waals surface area contributed by atoms with Gasteiger partial charge < -0.3 is 5.32 Å². The first-order chi connectivity index (χ1) is 17.0. The number of aromatic nitrogens is 2. The number of rotatable bonds is 7. The van der Waals surface area contributed by atoms with Crippen LogP contribution in [0.2, 0.25) is 0 Å². The molecule has 6 nitrogen and oxygen atoms in total. The summed E-state index contributed by atoms with van der Waals surface area (Å²) in [5.74, 6) is -2.22. The van der Waals surface area contributed by atoms with E-state index in [0.717, 1.165) is 12.0 Å². The van der Waals surface area contributed by atoms with Crippen LogP contribution in [-0.2, 0) is 11.2 Å². The molecule has 0 bridgehead atoms. The highest BCUT2D eigenvalue weighted by Gasteiger charge is 2.34. The third kappa shape index (κ3) is 5.55. The highest BCUT2D eigenvalue weighted by Crippen LogP contribution is 2.31. The van der Waals surface area contributed by atoms with Crippen LogP contribution >= 0.6 is 0 Å². The molecule has 0 aliphatic rings. The molecule has 0 aliphatic carbocycles. The molecular formula is C27H22F2N4O2. The van der Waals surface area contributed by atoms with E-state index < -0.39 is 29.5 Å². The predicted octanol–water partition coefficient (Wildman–Crippen LogP) is 5.34. The molecule has 8 heteroatoms. The van der Waals surface area contributed by atoms with Gasteiger partial charge in [0.25, 0.3) is 11.8 Å². The fourth-order valence-corrected chi connectivity index (χ4v) is 3.64. The molecule has 0 saturated heterocycles. The molecule has 0 spiro atoms. The Labute approximate surface area is 201 Å². The van der Waals surface area contributed by atoms with Crippen LogP contribution in [0.4, 0.5) is 20.2 Å². The fourth-order valence-electron chi connectivity index (χ4n) is 3.64. The van der Waals surface area contributed by atoms with Gasteiger partial charge in [-0.2, -0.15) is 0 Å². The molecule has 0 aliphatic heterocycles. The summed E-state index contributed by atoms with van der Waals surface area (Å²) in [5.41, 5.74) is 2.05. The van der Waals surface area contributed by atoms with Gasteiger partial charge in [0.1, 0.15) is 23.4 Å². The minimum absolute atomic E-state index is 0.0125. The first-order valence-corrected chi connectivity index (χ1v) is 11.0. The van der Waals surface area contributed by atoms with Crippen molar-refractivity contribution >= 4 is 23.2 Å². The minimum atomic E-state index is -1.19. The van der Waals surface area contributed by atoms with E-state index in [1.165, 1.54) is 72.0 Å². The summed E-state index contributed by atoms with van der Waals surface area (Å²) < 4.78 is 27.6. The number of nitrogens with zero attached hydrogens (tertiary/aromatic N) is 3. The third-order valence-electron chi connectivity index (χ3n) is 5.41. The van der Waals surface area contributed by atoms with Gasteiger partial charge in [-0.25, -0.2) is 13.8 Å². The van der Waals surface area contributed by atoms with Crippen molar-refractivity contribution in [2.75, 3.05) is 10.2 Å². The van der Waals surface area contributed by atoms with Crippen LogP contribution in [0.15, 0.2) is 91.4 Å². The molecule has 2 amide bonds. The number of benzene rings is 3. The van der Waals surface area contributed by atoms with E-state index >= 15 is 0 Å². The molecule has 0 saturated carbocycles. The Morgan fingerprint density at radius 3 is 2.31 bits per heavy atom. The van der Waals surface area contributed by atoms with Crippen molar-refractivity contribution in [3.63, 3.8) is 0 Å². The van der Waals surface area contributed by atoms with Crippen molar-refractivity contribution in [3.8, 4) is 0 Å². The monoisotopic (exact) mass is 472 g/mol. The number of hydrogen-bond donors (Lipinski definition) is 1. The van der Waals surface area contributed by atoms with Crippen molar-refractivity contribution in [2.24, 2.45) is 0 Å². The Balaban J connectivity index is 1.84. The van der Waals surface area contributed by atoms with Gasteiger partial charge >= 0.3 is 0 Å². The molecule has 1 heterocycles. The Morgan fingerprint density at radius 2 is 1.69 bits per heavy atom. The van der Waals surface area contributed by atoms with E-state index in [1.807, 2.05) is 19.1 Å². The second kappa shape index (κ2) is 10.6. The summed E-state index contributed by atoms with van der Waals surface area (Å²) in [6.45, 7) is 2.00. The van der Waals surface area contributed by atoms with Crippen molar-refractivity contribution in [3.05, 3.63) is 120 Å². The molecule has 0 unspecified atom stereocenters. The van der Waals surface area contributed by atoms with Crippen molar-refractivity contribution in [1.82, 2.24) is 9.97 Å². The zero-order chi connectivity index (χ0) is 24.8. The molecule has 3 aromatic carbocycles. The molecule has 1 N–H and O–H groups in total. The van der Waals surface area contributed by atoms with E-state index in [2.05, 4.69) is 15.3 Å². The second-order valence-corrected chi connectivity index (χ2v) is 7.74. The van der Waals surface area contributed by atoms with Gasteiger partial charge in [-0.3, -0.25) is 19.5 Å². The van der Waals surface area contributed by atoms with Crippen LogP contribution < -0.4 is 10.2 Å². The lowest BCUT2D eigenvalue weighted by Crippen LogP contribution is -2.42. The van der Waals surface area contributed by atoms with Crippen LogP contribution in [0, 0.1) is 11.6 Å². The highest BCUT2D eigenvalue weighted by molar-refractivity contribution is 6.11. The molecular weight excluding hydrogens is 450 g/mol. The van der Waals surface area contributed by atoms with Gasteiger partial charge in [-0.15, -0.1) is 0 Å². The van der Waals surface area contributed by atoms with E-state index in [4.69, 9.17) is 0 Å². The van der Waals surface area contributed by atoms with E-state index in [-0.39, 0.29) is 11.4 Å². The van der Waals surface area contributed by atoms with E-state index in [0.29, 0.717) is 11.3 Å². The Morgan fingerprint density at radius 1 is 0.943 bits per heavy atom. The molecule has 35 heavy (non-hydrogen) atoms. The van der Waals surface area contributed by atoms with Gasteiger partial charge in [-0.1, -0.05) is 37.3 Å². The Hall–Kier alpha value is -4.46. The zero-order valence-corrected chi connectivity index (χ0v) is 18.9. The van der Waals surface area contributed by atoms with Crippen LogP contribution in [0.3, 0.4) is 0 Å².